The molecular formula is C7H10N2O2. The highest BCUT2D eigenvalue weighted by molar-refractivity contribution is 4.98. The SMILES string of the molecule is CCc1nc(C2COC2)no1. The van der Waals surface area contributed by atoms with Crippen molar-refractivity contribution in [2.45, 2.75) is 19.3 Å². The molecule has 0 unspecified atom stereocenters. The number of ether oxygens (including phenoxy) is 1. The third-order valence-corrected chi connectivity index (χ3v) is 1.79. The molecule has 1 aliphatic rings. The van der Waals surface area contributed by atoms with Gasteiger partial charge in [-0.2, -0.15) is 4.98 Å². The second-order valence-corrected chi connectivity index (χ2v) is 2.63. The van der Waals surface area contributed by atoms with Gasteiger partial charge in [0.05, 0.1) is 19.1 Å². The van der Waals surface area contributed by atoms with E-state index in [4.69, 9.17) is 9.26 Å². The first-order chi connectivity index (χ1) is 5.40. The molecule has 0 N–H and O–H groups in total. The first-order valence-corrected chi connectivity index (χ1v) is 3.80. The average molecular weight is 154 g/mol. The van der Waals surface area contributed by atoms with Gasteiger partial charge in [0, 0.05) is 6.42 Å². The quantitative estimate of drug-likeness (QED) is 0.630. The summed E-state index contributed by atoms with van der Waals surface area (Å²) in [5, 5.41) is 3.84. The van der Waals surface area contributed by atoms with E-state index in [9.17, 15) is 0 Å². The van der Waals surface area contributed by atoms with Crippen molar-refractivity contribution >= 4 is 0 Å². The normalized spacial score (nSPS) is 18.3. The van der Waals surface area contributed by atoms with Gasteiger partial charge in [-0.05, 0) is 0 Å². The first kappa shape index (κ1) is 6.79. The molecule has 0 bridgehead atoms. The zero-order valence-corrected chi connectivity index (χ0v) is 6.41. The maximum Gasteiger partial charge on any atom is 0.226 e. The van der Waals surface area contributed by atoms with E-state index in [1.165, 1.54) is 0 Å². The lowest BCUT2D eigenvalue weighted by Gasteiger charge is -2.21. The van der Waals surface area contributed by atoms with Crippen molar-refractivity contribution in [1.82, 2.24) is 10.1 Å². The minimum absolute atomic E-state index is 0.374. The number of nitrogens with zero attached hydrogens (tertiary/aromatic N) is 2. The van der Waals surface area contributed by atoms with Gasteiger partial charge in [0.1, 0.15) is 0 Å². The standard InChI is InChI=1S/C7H10N2O2/c1-2-6-8-7(9-11-6)5-3-10-4-5/h5H,2-4H2,1H3. The first-order valence-electron chi connectivity index (χ1n) is 3.80. The molecule has 0 aliphatic carbocycles. The molecule has 1 aromatic rings. The molecule has 2 rings (SSSR count). The van der Waals surface area contributed by atoms with Gasteiger partial charge in [0.2, 0.25) is 5.89 Å². The summed E-state index contributed by atoms with van der Waals surface area (Å²) in [6.45, 7) is 3.47. The molecule has 1 aliphatic heterocycles. The Hall–Kier alpha value is -0.900. The van der Waals surface area contributed by atoms with Crippen LogP contribution in [-0.4, -0.2) is 23.4 Å². The molecule has 0 spiro atoms. The van der Waals surface area contributed by atoms with Gasteiger partial charge >= 0.3 is 0 Å². The molecule has 0 aromatic carbocycles. The molecule has 0 saturated carbocycles. The highest BCUT2D eigenvalue weighted by atomic mass is 16.5. The van der Waals surface area contributed by atoms with Gasteiger partial charge in [-0.15, -0.1) is 0 Å². The summed E-state index contributed by atoms with van der Waals surface area (Å²) in [6, 6.07) is 0. The Morgan fingerprint density at radius 3 is 2.82 bits per heavy atom. The lowest BCUT2D eigenvalue weighted by Crippen LogP contribution is -2.26. The number of aromatic nitrogens is 2. The van der Waals surface area contributed by atoms with Crippen LogP contribution < -0.4 is 0 Å². The largest absolute Gasteiger partial charge is 0.380 e. The summed E-state index contributed by atoms with van der Waals surface area (Å²) in [7, 11) is 0. The molecule has 0 atom stereocenters. The van der Waals surface area contributed by atoms with Gasteiger partial charge in [0.15, 0.2) is 5.82 Å². The summed E-state index contributed by atoms with van der Waals surface area (Å²) in [6.07, 6.45) is 0.806. The summed E-state index contributed by atoms with van der Waals surface area (Å²) in [4.78, 5) is 4.19. The highest BCUT2D eigenvalue weighted by Crippen LogP contribution is 2.20. The Labute approximate surface area is 64.5 Å². The maximum absolute atomic E-state index is 5.01. The van der Waals surface area contributed by atoms with E-state index in [0.717, 1.165) is 25.5 Å². The topological polar surface area (TPSA) is 48.2 Å². The van der Waals surface area contributed by atoms with E-state index in [1.807, 2.05) is 6.92 Å². The minimum atomic E-state index is 0.374. The van der Waals surface area contributed by atoms with Crippen LogP contribution >= 0.6 is 0 Å². The molecule has 1 fully saturated rings. The smallest absolute Gasteiger partial charge is 0.226 e. The predicted molar refractivity (Wildman–Crippen MR) is 37.2 cm³/mol. The molecule has 0 radical (unpaired) electrons. The van der Waals surface area contributed by atoms with Gasteiger partial charge in [-0.1, -0.05) is 12.1 Å². The van der Waals surface area contributed by atoms with Crippen molar-refractivity contribution in [2.75, 3.05) is 13.2 Å². The number of aryl methyl sites for hydroxylation is 1. The van der Waals surface area contributed by atoms with Gasteiger partial charge in [-0.25, -0.2) is 0 Å². The van der Waals surface area contributed by atoms with Crippen LogP contribution in [0.25, 0.3) is 0 Å². The fourth-order valence-corrected chi connectivity index (χ4v) is 0.962. The summed E-state index contributed by atoms with van der Waals surface area (Å²) in [5.74, 6) is 1.89. The zero-order chi connectivity index (χ0) is 7.68. The van der Waals surface area contributed by atoms with Crippen molar-refractivity contribution < 1.29 is 9.26 Å². The maximum atomic E-state index is 5.01. The van der Waals surface area contributed by atoms with Crippen LogP contribution in [0.3, 0.4) is 0 Å². The van der Waals surface area contributed by atoms with E-state index in [1.54, 1.807) is 0 Å². The fraction of sp³-hybridized carbons (Fsp3) is 0.714. The molecule has 4 nitrogen and oxygen atoms in total. The number of hydrogen-bond acceptors (Lipinski definition) is 4. The van der Waals surface area contributed by atoms with Gasteiger partial charge in [0.25, 0.3) is 0 Å². The van der Waals surface area contributed by atoms with E-state index < -0.39 is 0 Å². The second-order valence-electron chi connectivity index (χ2n) is 2.63. The lowest BCUT2D eigenvalue weighted by molar-refractivity contribution is 0.00403. The Morgan fingerprint density at radius 1 is 1.55 bits per heavy atom. The van der Waals surface area contributed by atoms with Crippen LogP contribution in [0, 0.1) is 0 Å². The fourth-order valence-electron chi connectivity index (χ4n) is 0.962. The van der Waals surface area contributed by atoms with Crippen LogP contribution in [0.5, 0.6) is 0 Å². The zero-order valence-electron chi connectivity index (χ0n) is 6.41. The van der Waals surface area contributed by atoms with Crippen molar-refractivity contribution in [3.05, 3.63) is 11.7 Å². The Kier molecular flexibility index (Phi) is 1.62. The molecule has 0 amide bonds. The van der Waals surface area contributed by atoms with E-state index in [2.05, 4.69) is 10.1 Å². The number of hydrogen-bond donors (Lipinski definition) is 0. The Bertz CT molecular complexity index is 242. The molecule has 1 saturated heterocycles. The van der Waals surface area contributed by atoms with E-state index in [-0.39, 0.29) is 0 Å². The van der Waals surface area contributed by atoms with Gasteiger partial charge in [-0.3, -0.25) is 0 Å². The summed E-state index contributed by atoms with van der Waals surface area (Å²) >= 11 is 0. The lowest BCUT2D eigenvalue weighted by atomic mass is 10.1. The van der Waals surface area contributed by atoms with Crippen molar-refractivity contribution in [1.29, 1.82) is 0 Å². The molecule has 11 heavy (non-hydrogen) atoms. The molecule has 60 valence electrons. The highest BCUT2D eigenvalue weighted by Gasteiger charge is 2.25. The summed E-state index contributed by atoms with van der Waals surface area (Å²) < 4.78 is 9.96. The number of rotatable bonds is 2. The van der Waals surface area contributed by atoms with E-state index >= 15 is 0 Å². The summed E-state index contributed by atoms with van der Waals surface area (Å²) in [5.41, 5.74) is 0. The minimum Gasteiger partial charge on any atom is -0.380 e. The Morgan fingerprint density at radius 2 is 2.36 bits per heavy atom. The average Bonchev–Trinajstić information content (AvgIpc) is 2.32. The van der Waals surface area contributed by atoms with E-state index in [0.29, 0.717) is 11.8 Å². The molecule has 4 heteroatoms. The molecule has 2 heterocycles. The van der Waals surface area contributed by atoms with Gasteiger partial charge < -0.3 is 9.26 Å². The third-order valence-electron chi connectivity index (χ3n) is 1.79. The van der Waals surface area contributed by atoms with Crippen LogP contribution in [0.2, 0.25) is 0 Å². The third kappa shape index (κ3) is 1.14. The second kappa shape index (κ2) is 2.62. The Balaban J connectivity index is 2.11. The van der Waals surface area contributed by atoms with Crippen LogP contribution in [0.15, 0.2) is 4.52 Å². The monoisotopic (exact) mass is 154 g/mol. The molecular weight excluding hydrogens is 144 g/mol. The molecule has 1 aromatic heterocycles. The van der Waals surface area contributed by atoms with Crippen LogP contribution in [0.4, 0.5) is 0 Å². The van der Waals surface area contributed by atoms with Crippen LogP contribution in [-0.2, 0) is 11.2 Å². The van der Waals surface area contributed by atoms with Crippen LogP contribution in [0.1, 0.15) is 24.6 Å². The van der Waals surface area contributed by atoms with Crippen molar-refractivity contribution in [2.24, 2.45) is 0 Å². The van der Waals surface area contributed by atoms with Crippen molar-refractivity contribution in [3.8, 4) is 0 Å². The van der Waals surface area contributed by atoms with Crippen molar-refractivity contribution in [3.63, 3.8) is 0 Å². The predicted octanol–water partition coefficient (Wildman–Crippen LogP) is 0.746.